The third-order valence-corrected chi connectivity index (χ3v) is 10.1. The Morgan fingerprint density at radius 1 is 1.18 bits per heavy atom. The van der Waals surface area contributed by atoms with E-state index in [9.17, 15) is 18.5 Å². The summed E-state index contributed by atoms with van der Waals surface area (Å²) < 4.78 is 38.4. The molecule has 0 radical (unpaired) electrons. The number of anilines is 1. The van der Waals surface area contributed by atoms with Crippen LogP contribution in [0.5, 0.6) is 5.75 Å². The molecule has 0 bridgehead atoms. The van der Waals surface area contributed by atoms with E-state index in [0.29, 0.717) is 41.0 Å². The summed E-state index contributed by atoms with van der Waals surface area (Å²) in [6.07, 6.45) is 1.40. The van der Waals surface area contributed by atoms with Crippen molar-refractivity contribution in [3.63, 3.8) is 0 Å². The molecule has 0 atom stereocenters. The van der Waals surface area contributed by atoms with Crippen LogP contribution in [0, 0.1) is 11.3 Å². The number of carbonyl (C=O) groups excluding carboxylic acids is 1. The van der Waals surface area contributed by atoms with Crippen molar-refractivity contribution in [2.24, 2.45) is 0 Å². The molecule has 0 saturated carbocycles. The maximum absolute atomic E-state index is 12.9. The molecule has 1 N–H and O–H groups in total. The number of ether oxygens (including phenoxy) is 2. The number of carbonyl (C=O) groups is 1. The van der Waals surface area contributed by atoms with E-state index < -0.39 is 16.0 Å². The Hall–Kier alpha value is -2.91. The fraction of sp³-hybridized carbons (Fsp3) is 0.333. The molecule has 2 heterocycles. The largest absolute Gasteiger partial charge is 0.478 e. The zero-order valence-electron chi connectivity index (χ0n) is 20.9. The van der Waals surface area contributed by atoms with Crippen molar-refractivity contribution in [1.82, 2.24) is 4.31 Å². The first-order valence-corrected chi connectivity index (χ1v) is 15.4. The Bertz CT molecular complexity index is 1410. The summed E-state index contributed by atoms with van der Waals surface area (Å²) in [5.74, 6) is -0.163. The van der Waals surface area contributed by atoms with Crippen LogP contribution in [0.1, 0.15) is 30.2 Å². The third kappa shape index (κ3) is 6.94. The second kappa shape index (κ2) is 12.8. The van der Waals surface area contributed by atoms with Gasteiger partial charge in [-0.25, -0.2) is 17.5 Å². The maximum atomic E-state index is 12.9. The molecule has 4 rings (SSSR count). The van der Waals surface area contributed by atoms with E-state index in [1.807, 2.05) is 54.6 Å². The van der Waals surface area contributed by atoms with Crippen molar-refractivity contribution in [2.75, 3.05) is 31.6 Å². The maximum Gasteiger partial charge on any atom is 0.344 e. The summed E-state index contributed by atoms with van der Waals surface area (Å²) in [4.78, 5) is 12.9. The van der Waals surface area contributed by atoms with Gasteiger partial charge in [0.1, 0.15) is 10.9 Å². The van der Waals surface area contributed by atoms with E-state index in [1.54, 1.807) is 11.2 Å². The van der Waals surface area contributed by atoms with E-state index >= 15 is 0 Å². The van der Waals surface area contributed by atoms with Gasteiger partial charge in [0.05, 0.1) is 21.7 Å². The SMILES string of the molecule is CCOC(=O)COc1c(C#N)sc(-c2cccc(NC3CCN(S(=O)(=O)Cc4ccccc4)CC3)c2)c1Br. The number of rotatable bonds is 10. The molecular formula is C27H28BrN3O5S2. The summed E-state index contributed by atoms with van der Waals surface area (Å²) >= 11 is 4.82. The van der Waals surface area contributed by atoms with Gasteiger partial charge in [0, 0.05) is 24.8 Å². The van der Waals surface area contributed by atoms with Crippen LogP contribution in [0.2, 0.25) is 0 Å². The number of halogens is 1. The van der Waals surface area contributed by atoms with Gasteiger partial charge in [0.2, 0.25) is 10.0 Å². The molecule has 0 amide bonds. The molecule has 200 valence electrons. The first-order valence-electron chi connectivity index (χ1n) is 12.2. The van der Waals surface area contributed by atoms with Crippen LogP contribution in [-0.2, 0) is 25.3 Å². The Balaban J connectivity index is 1.40. The van der Waals surface area contributed by atoms with Crippen molar-refractivity contribution in [3.05, 3.63) is 69.5 Å². The highest BCUT2D eigenvalue weighted by atomic mass is 79.9. The molecule has 1 aliphatic heterocycles. The molecular weight excluding hydrogens is 590 g/mol. The lowest BCUT2D eigenvalue weighted by atomic mass is 10.1. The minimum atomic E-state index is -3.36. The molecule has 3 aromatic rings. The van der Waals surface area contributed by atoms with Crippen LogP contribution in [0.15, 0.2) is 59.1 Å². The average Bonchev–Trinajstić information content (AvgIpc) is 3.23. The zero-order chi connectivity index (χ0) is 27.1. The highest BCUT2D eigenvalue weighted by Gasteiger charge is 2.28. The first-order chi connectivity index (χ1) is 18.3. The van der Waals surface area contributed by atoms with Gasteiger partial charge in [-0.05, 0) is 59.0 Å². The molecule has 0 aliphatic carbocycles. The van der Waals surface area contributed by atoms with Crippen molar-refractivity contribution in [2.45, 2.75) is 31.6 Å². The minimum absolute atomic E-state index is 0.0137. The van der Waals surface area contributed by atoms with E-state index in [4.69, 9.17) is 9.47 Å². The number of nitrogens with one attached hydrogen (secondary N) is 1. The summed E-state index contributed by atoms with van der Waals surface area (Å²) in [5, 5.41) is 13.1. The Labute approximate surface area is 235 Å². The van der Waals surface area contributed by atoms with E-state index in [0.717, 1.165) is 21.7 Å². The molecule has 1 saturated heterocycles. The van der Waals surface area contributed by atoms with Gasteiger partial charge in [-0.3, -0.25) is 0 Å². The molecule has 1 aliphatic rings. The summed E-state index contributed by atoms with van der Waals surface area (Å²) in [6.45, 7) is 2.63. The summed E-state index contributed by atoms with van der Waals surface area (Å²) in [6, 6.07) is 19.3. The Morgan fingerprint density at radius 2 is 1.92 bits per heavy atom. The number of thiophene rings is 1. The number of hydrogen-bond acceptors (Lipinski definition) is 8. The van der Waals surface area contributed by atoms with Gasteiger partial charge >= 0.3 is 5.97 Å². The van der Waals surface area contributed by atoms with Crippen LogP contribution in [0.25, 0.3) is 10.4 Å². The second-order valence-electron chi connectivity index (χ2n) is 8.75. The number of hydrogen-bond donors (Lipinski definition) is 1. The van der Waals surface area contributed by atoms with E-state index in [2.05, 4.69) is 27.3 Å². The summed E-state index contributed by atoms with van der Waals surface area (Å²) in [7, 11) is -3.36. The van der Waals surface area contributed by atoms with Crippen LogP contribution in [0.4, 0.5) is 5.69 Å². The highest BCUT2D eigenvalue weighted by Crippen LogP contribution is 2.45. The molecule has 8 nitrogen and oxygen atoms in total. The lowest BCUT2D eigenvalue weighted by Gasteiger charge is -2.32. The molecule has 1 fully saturated rings. The monoisotopic (exact) mass is 617 g/mol. The third-order valence-electron chi connectivity index (χ3n) is 6.09. The lowest BCUT2D eigenvalue weighted by molar-refractivity contribution is -0.145. The second-order valence-corrected chi connectivity index (χ2v) is 12.5. The molecule has 11 heteroatoms. The van der Waals surface area contributed by atoms with E-state index in [-0.39, 0.29) is 25.0 Å². The minimum Gasteiger partial charge on any atom is -0.478 e. The first kappa shape index (κ1) is 28.1. The number of nitrogens with zero attached hydrogens (tertiary/aromatic N) is 2. The van der Waals surface area contributed by atoms with Gasteiger partial charge in [-0.15, -0.1) is 11.3 Å². The predicted molar refractivity (Wildman–Crippen MR) is 152 cm³/mol. The van der Waals surface area contributed by atoms with Gasteiger partial charge in [0.25, 0.3) is 0 Å². The topological polar surface area (TPSA) is 109 Å². The lowest BCUT2D eigenvalue weighted by Crippen LogP contribution is -2.42. The van der Waals surface area contributed by atoms with Gasteiger partial charge in [-0.2, -0.15) is 5.26 Å². The number of esters is 1. The van der Waals surface area contributed by atoms with Crippen molar-refractivity contribution in [3.8, 4) is 22.3 Å². The average molecular weight is 619 g/mol. The van der Waals surface area contributed by atoms with E-state index in [1.165, 1.54) is 11.3 Å². The quantitative estimate of drug-likeness (QED) is 0.303. The van der Waals surface area contributed by atoms with Gasteiger partial charge in [0.15, 0.2) is 12.4 Å². The fourth-order valence-corrected chi connectivity index (χ4v) is 7.67. The standard InChI is InChI=1S/C27H28BrN3O5S2/c1-2-35-24(32)17-36-26-23(16-29)37-27(25(26)28)20-9-6-10-22(15-20)30-21-11-13-31(14-12-21)38(33,34)18-19-7-4-3-5-8-19/h3-10,15,21,30H,2,11-14,17-18H2,1H3. The van der Waals surface area contributed by atoms with Crippen LogP contribution in [-0.4, -0.2) is 51.0 Å². The number of piperidine rings is 1. The molecule has 0 spiro atoms. The number of nitriles is 1. The molecule has 1 aromatic heterocycles. The smallest absolute Gasteiger partial charge is 0.344 e. The molecule has 38 heavy (non-hydrogen) atoms. The van der Waals surface area contributed by atoms with Crippen LogP contribution >= 0.6 is 27.3 Å². The molecule has 2 aromatic carbocycles. The highest BCUT2D eigenvalue weighted by molar-refractivity contribution is 9.10. The normalized spacial score (nSPS) is 14.6. The molecule has 0 unspecified atom stereocenters. The van der Waals surface area contributed by atoms with Crippen molar-refractivity contribution >= 4 is 48.9 Å². The number of benzene rings is 2. The predicted octanol–water partition coefficient (Wildman–Crippen LogP) is 5.40. The van der Waals surface area contributed by atoms with Crippen molar-refractivity contribution < 1.29 is 22.7 Å². The van der Waals surface area contributed by atoms with Gasteiger partial charge < -0.3 is 14.8 Å². The van der Waals surface area contributed by atoms with Crippen LogP contribution in [0.3, 0.4) is 0 Å². The Kier molecular flexibility index (Phi) is 9.44. The van der Waals surface area contributed by atoms with Crippen LogP contribution < -0.4 is 10.1 Å². The Morgan fingerprint density at radius 3 is 2.61 bits per heavy atom. The van der Waals surface area contributed by atoms with Gasteiger partial charge in [-0.1, -0.05) is 42.5 Å². The summed E-state index contributed by atoms with van der Waals surface area (Å²) in [5.41, 5.74) is 2.58. The zero-order valence-corrected chi connectivity index (χ0v) is 24.1. The number of sulfonamides is 1. The fourth-order valence-electron chi connectivity index (χ4n) is 4.26. The van der Waals surface area contributed by atoms with Crippen molar-refractivity contribution in [1.29, 1.82) is 5.26 Å².